The number of carbonyl (C=O) groups excluding carboxylic acids is 1. The molecule has 2 aromatic heterocycles. The summed E-state index contributed by atoms with van der Waals surface area (Å²) in [4.78, 5) is 17.2. The number of esters is 1. The van der Waals surface area contributed by atoms with Crippen molar-refractivity contribution in [2.75, 3.05) is 6.61 Å². The molecule has 0 aromatic carbocycles. The van der Waals surface area contributed by atoms with Gasteiger partial charge in [-0.1, -0.05) is 51.9 Å². The van der Waals surface area contributed by atoms with Crippen LogP contribution in [0.4, 0.5) is 0 Å². The molecular formula is C27H39N3O4. The number of fused-ring (bicyclic) bond motifs is 1. The third-order valence-electron chi connectivity index (χ3n) is 5.18. The second kappa shape index (κ2) is 14.3. The molecule has 2 aromatic rings. The molecule has 0 saturated heterocycles. The second-order valence-electron chi connectivity index (χ2n) is 8.98. The van der Waals surface area contributed by atoms with Gasteiger partial charge in [-0.05, 0) is 52.3 Å². The molecule has 0 aliphatic rings. The van der Waals surface area contributed by atoms with Gasteiger partial charge in [-0.25, -0.2) is 4.79 Å². The van der Waals surface area contributed by atoms with E-state index in [0.717, 1.165) is 19.3 Å². The minimum Gasteiger partial charge on any atom is -0.487 e. The zero-order chi connectivity index (χ0) is 24.9. The highest BCUT2D eigenvalue weighted by Gasteiger charge is 2.20. The van der Waals surface area contributed by atoms with E-state index in [1.807, 2.05) is 45.9 Å². The summed E-state index contributed by atoms with van der Waals surface area (Å²) in [7, 11) is 0. The molecule has 2 heterocycles. The SMILES string of the molecule is CCCCCCCCCCOC(=O)/C(C#N)=C/c1c(OC(C)C)nc2c(OC(C)C)cccn12. The number of carbonyl (C=O) groups is 1. The summed E-state index contributed by atoms with van der Waals surface area (Å²) < 4.78 is 18.9. The maximum absolute atomic E-state index is 12.6. The van der Waals surface area contributed by atoms with Crippen LogP contribution in [0, 0.1) is 11.3 Å². The molecule has 0 bridgehead atoms. The van der Waals surface area contributed by atoms with Crippen LogP contribution in [0.3, 0.4) is 0 Å². The molecule has 0 spiro atoms. The number of nitrogens with zero attached hydrogens (tertiary/aromatic N) is 3. The molecular weight excluding hydrogens is 430 g/mol. The zero-order valence-corrected chi connectivity index (χ0v) is 21.3. The summed E-state index contributed by atoms with van der Waals surface area (Å²) in [5.74, 6) is 0.297. The number of pyridine rings is 1. The number of hydrogen-bond donors (Lipinski definition) is 0. The molecule has 34 heavy (non-hydrogen) atoms. The van der Waals surface area contributed by atoms with Gasteiger partial charge >= 0.3 is 5.97 Å². The van der Waals surface area contributed by atoms with Crippen molar-refractivity contribution in [1.82, 2.24) is 9.38 Å². The summed E-state index contributed by atoms with van der Waals surface area (Å²) in [6, 6.07) is 5.63. The van der Waals surface area contributed by atoms with Crippen LogP contribution in [0.1, 0.15) is 91.7 Å². The molecule has 2 rings (SSSR count). The van der Waals surface area contributed by atoms with Crippen LogP contribution in [-0.2, 0) is 9.53 Å². The first-order valence-corrected chi connectivity index (χ1v) is 12.5. The Morgan fingerprint density at radius 2 is 1.71 bits per heavy atom. The Bertz CT molecular complexity index is 986. The van der Waals surface area contributed by atoms with E-state index in [9.17, 15) is 10.1 Å². The number of ether oxygens (including phenoxy) is 3. The molecule has 0 atom stereocenters. The van der Waals surface area contributed by atoms with Crippen molar-refractivity contribution in [2.45, 2.75) is 98.2 Å². The lowest BCUT2D eigenvalue weighted by atomic mass is 10.1. The van der Waals surface area contributed by atoms with Crippen LogP contribution < -0.4 is 9.47 Å². The van der Waals surface area contributed by atoms with Crippen LogP contribution in [0.15, 0.2) is 23.9 Å². The van der Waals surface area contributed by atoms with Gasteiger partial charge in [-0.2, -0.15) is 10.2 Å². The summed E-state index contributed by atoms with van der Waals surface area (Å²) in [6.07, 6.45) is 12.4. The number of imidazole rings is 1. The predicted octanol–water partition coefficient (Wildman–Crippen LogP) is 6.50. The normalized spacial score (nSPS) is 11.8. The first-order chi connectivity index (χ1) is 16.4. The van der Waals surface area contributed by atoms with Gasteiger partial charge in [0, 0.05) is 6.20 Å². The van der Waals surface area contributed by atoms with E-state index in [2.05, 4.69) is 11.9 Å². The van der Waals surface area contributed by atoms with Gasteiger partial charge in [0.1, 0.15) is 17.3 Å². The van der Waals surface area contributed by atoms with Gasteiger partial charge in [-0.3, -0.25) is 4.40 Å². The van der Waals surface area contributed by atoms with Gasteiger partial charge < -0.3 is 14.2 Å². The van der Waals surface area contributed by atoms with Crippen molar-refractivity contribution >= 4 is 17.7 Å². The Hall–Kier alpha value is -3.01. The standard InChI is InChI=1S/C27H39N3O4/c1-6-7-8-9-10-11-12-13-17-32-27(31)22(19-28)18-23-26(34-21(4)5)29-25-24(33-20(2)3)15-14-16-30(23)25/h14-16,18,20-21H,6-13,17H2,1-5H3/b22-18+. The fraction of sp³-hybridized carbons (Fsp3) is 0.593. The van der Waals surface area contributed by atoms with Crippen molar-refractivity contribution in [2.24, 2.45) is 0 Å². The van der Waals surface area contributed by atoms with Crippen LogP contribution in [0.2, 0.25) is 0 Å². The lowest BCUT2D eigenvalue weighted by Gasteiger charge is -2.10. The van der Waals surface area contributed by atoms with Crippen molar-refractivity contribution in [3.63, 3.8) is 0 Å². The second-order valence-corrected chi connectivity index (χ2v) is 8.98. The summed E-state index contributed by atoms with van der Waals surface area (Å²) in [6.45, 7) is 10.2. The Morgan fingerprint density at radius 1 is 1.06 bits per heavy atom. The summed E-state index contributed by atoms with van der Waals surface area (Å²) >= 11 is 0. The summed E-state index contributed by atoms with van der Waals surface area (Å²) in [5, 5.41) is 9.64. The number of nitriles is 1. The van der Waals surface area contributed by atoms with E-state index in [4.69, 9.17) is 14.2 Å². The fourth-order valence-corrected chi connectivity index (χ4v) is 3.58. The summed E-state index contributed by atoms with van der Waals surface area (Å²) in [5.41, 5.74) is 0.964. The van der Waals surface area contributed by atoms with Gasteiger partial charge in [0.2, 0.25) is 5.88 Å². The molecule has 0 N–H and O–H groups in total. The van der Waals surface area contributed by atoms with Crippen molar-refractivity contribution in [3.05, 3.63) is 29.6 Å². The Labute approximate surface area is 203 Å². The molecule has 0 fully saturated rings. The van der Waals surface area contributed by atoms with E-state index in [0.29, 0.717) is 29.6 Å². The minimum absolute atomic E-state index is 0.0302. The van der Waals surface area contributed by atoms with E-state index < -0.39 is 5.97 Å². The topological polar surface area (TPSA) is 85.9 Å². The third kappa shape index (κ3) is 8.40. The number of hydrogen-bond acceptors (Lipinski definition) is 6. The lowest BCUT2D eigenvalue weighted by molar-refractivity contribution is -0.138. The van der Waals surface area contributed by atoms with Crippen molar-refractivity contribution in [1.29, 1.82) is 5.26 Å². The van der Waals surface area contributed by atoms with Gasteiger partial charge in [0.05, 0.1) is 18.8 Å². The van der Waals surface area contributed by atoms with E-state index in [1.165, 1.54) is 38.2 Å². The Morgan fingerprint density at radius 3 is 2.32 bits per heavy atom. The fourth-order valence-electron chi connectivity index (χ4n) is 3.58. The van der Waals surface area contributed by atoms with Crippen LogP contribution in [0.25, 0.3) is 11.7 Å². The first-order valence-electron chi connectivity index (χ1n) is 12.5. The van der Waals surface area contributed by atoms with Crippen molar-refractivity contribution < 1.29 is 19.0 Å². The number of aromatic nitrogens is 2. The van der Waals surface area contributed by atoms with Gasteiger partial charge in [-0.15, -0.1) is 0 Å². The third-order valence-corrected chi connectivity index (χ3v) is 5.18. The molecule has 7 heteroatoms. The largest absolute Gasteiger partial charge is 0.487 e. The smallest absolute Gasteiger partial charge is 0.348 e. The number of rotatable bonds is 15. The first kappa shape index (κ1) is 27.2. The van der Waals surface area contributed by atoms with Crippen molar-refractivity contribution in [3.8, 4) is 17.7 Å². The molecule has 0 unspecified atom stereocenters. The van der Waals surface area contributed by atoms with Crippen LogP contribution >= 0.6 is 0 Å². The predicted molar refractivity (Wildman–Crippen MR) is 134 cm³/mol. The average Bonchev–Trinajstić information content (AvgIpc) is 3.13. The molecule has 0 radical (unpaired) electrons. The monoisotopic (exact) mass is 469 g/mol. The van der Waals surface area contributed by atoms with Crippen LogP contribution in [-0.4, -0.2) is 34.2 Å². The quantitative estimate of drug-likeness (QED) is 0.128. The van der Waals surface area contributed by atoms with Crippen LogP contribution in [0.5, 0.6) is 11.6 Å². The average molecular weight is 470 g/mol. The highest BCUT2D eigenvalue weighted by atomic mass is 16.5. The molecule has 7 nitrogen and oxygen atoms in total. The molecule has 0 aliphatic carbocycles. The van der Waals surface area contributed by atoms with E-state index in [-0.39, 0.29) is 17.8 Å². The zero-order valence-electron chi connectivity index (χ0n) is 21.3. The minimum atomic E-state index is -0.634. The highest BCUT2D eigenvalue weighted by Crippen LogP contribution is 2.29. The lowest BCUT2D eigenvalue weighted by Crippen LogP contribution is -2.09. The molecule has 0 saturated carbocycles. The maximum Gasteiger partial charge on any atom is 0.348 e. The molecule has 186 valence electrons. The van der Waals surface area contributed by atoms with E-state index in [1.54, 1.807) is 10.6 Å². The highest BCUT2D eigenvalue weighted by molar-refractivity contribution is 5.98. The Balaban J connectivity index is 2.11. The maximum atomic E-state index is 12.6. The Kier molecular flexibility index (Phi) is 11.5. The number of unbranched alkanes of at least 4 members (excludes halogenated alkanes) is 7. The van der Waals surface area contributed by atoms with E-state index >= 15 is 0 Å². The van der Waals surface area contributed by atoms with Gasteiger partial charge in [0.15, 0.2) is 11.4 Å². The molecule has 0 aliphatic heterocycles. The molecule has 0 amide bonds. The van der Waals surface area contributed by atoms with Gasteiger partial charge in [0.25, 0.3) is 0 Å².